The minimum Gasteiger partial charge on any atom is -0.393 e. The summed E-state index contributed by atoms with van der Waals surface area (Å²) in [6.45, 7) is 5.69. The van der Waals surface area contributed by atoms with Gasteiger partial charge in [-0.1, -0.05) is 6.07 Å². The number of nitrogen functional groups attached to an aromatic ring is 1. The van der Waals surface area contributed by atoms with Crippen LogP contribution in [0.2, 0.25) is 0 Å². The molecule has 0 amide bonds. The fraction of sp³-hybridized carbons (Fsp3) is 0.250. The maximum Gasteiger partial charge on any atom is 0.317 e. The van der Waals surface area contributed by atoms with Crippen molar-refractivity contribution in [3.05, 3.63) is 45.3 Å². The summed E-state index contributed by atoms with van der Waals surface area (Å²) in [5, 5.41) is 15.4. The van der Waals surface area contributed by atoms with Crippen molar-refractivity contribution < 1.29 is 4.92 Å². The summed E-state index contributed by atoms with van der Waals surface area (Å²) in [6.07, 6.45) is 0. The maximum absolute atomic E-state index is 11.1. The van der Waals surface area contributed by atoms with Gasteiger partial charge in [0.2, 0.25) is 0 Å². The van der Waals surface area contributed by atoms with Gasteiger partial charge in [-0.05, 0) is 38.5 Å². The Bertz CT molecular complexity index is 631. The zero-order chi connectivity index (χ0) is 13.4. The molecule has 0 bridgehead atoms. The van der Waals surface area contributed by atoms with Gasteiger partial charge < -0.3 is 5.73 Å². The van der Waals surface area contributed by atoms with E-state index in [2.05, 4.69) is 5.10 Å². The third-order valence-electron chi connectivity index (χ3n) is 3.11. The Balaban J connectivity index is 2.75. The first-order valence-corrected chi connectivity index (χ1v) is 5.49. The Kier molecular flexibility index (Phi) is 2.78. The summed E-state index contributed by atoms with van der Waals surface area (Å²) in [7, 11) is 0. The molecule has 0 spiro atoms. The molecule has 6 heteroatoms. The van der Waals surface area contributed by atoms with Crippen LogP contribution in [0.1, 0.15) is 17.0 Å². The fourth-order valence-corrected chi connectivity index (χ4v) is 1.87. The fourth-order valence-electron chi connectivity index (χ4n) is 1.87. The van der Waals surface area contributed by atoms with Crippen LogP contribution in [0.25, 0.3) is 5.69 Å². The molecule has 0 unspecified atom stereocenters. The van der Waals surface area contributed by atoms with E-state index in [1.807, 2.05) is 20.8 Å². The van der Waals surface area contributed by atoms with E-state index in [9.17, 15) is 10.1 Å². The van der Waals surface area contributed by atoms with E-state index < -0.39 is 4.92 Å². The normalized spacial score (nSPS) is 10.6. The predicted octanol–water partition coefficient (Wildman–Crippen LogP) is 2.29. The molecule has 0 aliphatic heterocycles. The number of rotatable bonds is 2. The smallest absolute Gasteiger partial charge is 0.317 e. The molecule has 6 nitrogen and oxygen atoms in total. The Morgan fingerprint density at radius 1 is 1.33 bits per heavy atom. The lowest BCUT2D eigenvalue weighted by Gasteiger charge is -2.07. The van der Waals surface area contributed by atoms with Crippen molar-refractivity contribution in [3.8, 4) is 5.69 Å². The third kappa shape index (κ3) is 1.71. The molecule has 0 aliphatic carbocycles. The van der Waals surface area contributed by atoms with E-state index in [1.54, 1.807) is 16.8 Å². The lowest BCUT2D eigenvalue weighted by Crippen LogP contribution is -2.06. The number of aromatic nitrogens is 2. The monoisotopic (exact) mass is 246 g/mol. The quantitative estimate of drug-likeness (QED) is 0.500. The molecular formula is C12H14N4O2. The van der Waals surface area contributed by atoms with Crippen LogP contribution in [0.15, 0.2) is 18.2 Å². The van der Waals surface area contributed by atoms with Crippen LogP contribution >= 0.6 is 0 Å². The molecule has 18 heavy (non-hydrogen) atoms. The molecular weight excluding hydrogens is 232 g/mol. The SMILES string of the molecule is Cc1nn(-c2cccc(N)c2[N+](=O)[O-])c(C)c1C. The Hall–Kier alpha value is -2.37. The predicted molar refractivity (Wildman–Crippen MR) is 68.8 cm³/mol. The third-order valence-corrected chi connectivity index (χ3v) is 3.11. The number of benzene rings is 1. The average Bonchev–Trinajstić information content (AvgIpc) is 2.56. The van der Waals surface area contributed by atoms with E-state index in [0.29, 0.717) is 5.69 Å². The molecule has 1 heterocycles. The number of nitro benzene ring substituents is 1. The van der Waals surface area contributed by atoms with Crippen LogP contribution in [0.3, 0.4) is 0 Å². The van der Waals surface area contributed by atoms with Crippen molar-refractivity contribution >= 4 is 11.4 Å². The molecule has 2 aromatic rings. The van der Waals surface area contributed by atoms with Gasteiger partial charge >= 0.3 is 5.69 Å². The van der Waals surface area contributed by atoms with Crippen molar-refractivity contribution in [1.29, 1.82) is 0 Å². The first-order valence-electron chi connectivity index (χ1n) is 5.49. The van der Waals surface area contributed by atoms with Crippen LogP contribution in [-0.4, -0.2) is 14.7 Å². The molecule has 2 rings (SSSR count). The number of nitro groups is 1. The van der Waals surface area contributed by atoms with E-state index in [1.165, 1.54) is 6.07 Å². The zero-order valence-electron chi connectivity index (χ0n) is 10.5. The molecule has 0 saturated carbocycles. The second-order valence-electron chi connectivity index (χ2n) is 4.18. The van der Waals surface area contributed by atoms with Crippen molar-refractivity contribution in [2.45, 2.75) is 20.8 Å². The molecule has 1 aromatic heterocycles. The number of para-hydroxylation sites is 1. The molecule has 1 aromatic carbocycles. The lowest BCUT2D eigenvalue weighted by molar-refractivity contribution is -0.383. The summed E-state index contributed by atoms with van der Waals surface area (Å²) in [5.74, 6) is 0. The van der Waals surface area contributed by atoms with Crippen LogP contribution in [-0.2, 0) is 0 Å². The van der Waals surface area contributed by atoms with E-state index in [-0.39, 0.29) is 11.4 Å². The summed E-state index contributed by atoms with van der Waals surface area (Å²) in [4.78, 5) is 10.6. The van der Waals surface area contributed by atoms with E-state index in [4.69, 9.17) is 5.73 Å². The summed E-state index contributed by atoms with van der Waals surface area (Å²) in [5.41, 5.74) is 8.85. The average molecular weight is 246 g/mol. The lowest BCUT2D eigenvalue weighted by atomic mass is 10.2. The minimum absolute atomic E-state index is 0.108. The standard InChI is InChI=1S/C12H14N4O2/c1-7-8(2)14-15(9(7)3)11-6-4-5-10(13)12(11)16(17)18/h4-6H,13H2,1-3H3. The van der Waals surface area contributed by atoms with Gasteiger partial charge in [0, 0.05) is 5.69 Å². The molecule has 0 radical (unpaired) electrons. The van der Waals surface area contributed by atoms with Crippen LogP contribution in [0.4, 0.5) is 11.4 Å². The topological polar surface area (TPSA) is 87.0 Å². The number of nitrogens with zero attached hydrogens (tertiary/aromatic N) is 3. The number of nitrogens with two attached hydrogens (primary N) is 1. The highest BCUT2D eigenvalue weighted by molar-refractivity contribution is 5.69. The number of aryl methyl sites for hydroxylation is 1. The first kappa shape index (κ1) is 12.1. The highest BCUT2D eigenvalue weighted by atomic mass is 16.6. The number of hydrogen-bond acceptors (Lipinski definition) is 4. The number of hydrogen-bond donors (Lipinski definition) is 1. The van der Waals surface area contributed by atoms with Gasteiger partial charge in [0.15, 0.2) is 0 Å². The maximum atomic E-state index is 11.1. The van der Waals surface area contributed by atoms with Gasteiger partial charge in [-0.2, -0.15) is 5.10 Å². The van der Waals surface area contributed by atoms with Gasteiger partial charge in [-0.3, -0.25) is 10.1 Å². The van der Waals surface area contributed by atoms with Gasteiger partial charge in [-0.25, -0.2) is 4.68 Å². The van der Waals surface area contributed by atoms with Gasteiger partial charge in [0.05, 0.1) is 10.6 Å². The highest BCUT2D eigenvalue weighted by Gasteiger charge is 2.21. The Morgan fingerprint density at radius 2 is 2.00 bits per heavy atom. The minimum atomic E-state index is -0.476. The second-order valence-corrected chi connectivity index (χ2v) is 4.18. The number of anilines is 1. The van der Waals surface area contributed by atoms with Gasteiger partial charge in [0.25, 0.3) is 0 Å². The van der Waals surface area contributed by atoms with Crippen molar-refractivity contribution in [3.63, 3.8) is 0 Å². The van der Waals surface area contributed by atoms with Crippen LogP contribution < -0.4 is 5.73 Å². The highest BCUT2D eigenvalue weighted by Crippen LogP contribution is 2.30. The molecule has 2 N–H and O–H groups in total. The zero-order valence-corrected chi connectivity index (χ0v) is 10.5. The summed E-state index contributed by atoms with van der Waals surface area (Å²) < 4.78 is 1.57. The van der Waals surface area contributed by atoms with Crippen molar-refractivity contribution in [2.75, 3.05) is 5.73 Å². The van der Waals surface area contributed by atoms with Crippen LogP contribution in [0, 0.1) is 30.9 Å². The van der Waals surface area contributed by atoms with Gasteiger partial charge in [0.1, 0.15) is 11.4 Å². The molecule has 94 valence electrons. The largest absolute Gasteiger partial charge is 0.393 e. The molecule has 0 fully saturated rings. The molecule has 0 atom stereocenters. The summed E-state index contributed by atoms with van der Waals surface area (Å²) in [6, 6.07) is 4.84. The Morgan fingerprint density at radius 3 is 2.50 bits per heavy atom. The van der Waals surface area contributed by atoms with E-state index >= 15 is 0 Å². The second kappa shape index (κ2) is 4.14. The van der Waals surface area contributed by atoms with Gasteiger partial charge in [-0.15, -0.1) is 0 Å². The first-order chi connectivity index (χ1) is 8.43. The molecule has 0 saturated heterocycles. The van der Waals surface area contributed by atoms with E-state index in [0.717, 1.165) is 17.0 Å². The van der Waals surface area contributed by atoms with Crippen molar-refractivity contribution in [2.24, 2.45) is 0 Å². The Labute approximate surface area is 104 Å². The van der Waals surface area contributed by atoms with Crippen LogP contribution in [0.5, 0.6) is 0 Å². The molecule has 0 aliphatic rings. The van der Waals surface area contributed by atoms with Crippen molar-refractivity contribution in [1.82, 2.24) is 9.78 Å². The summed E-state index contributed by atoms with van der Waals surface area (Å²) >= 11 is 0.